The smallest absolute Gasteiger partial charge is 0.211 e. The number of ether oxygens (including phenoxy) is 1. The van der Waals surface area contributed by atoms with E-state index in [1.807, 2.05) is 6.07 Å². The molecule has 0 atom stereocenters. The van der Waals surface area contributed by atoms with Crippen LogP contribution < -0.4 is 14.8 Å². The number of aliphatic imine (C=N–C) groups is 1. The second-order valence-electron chi connectivity index (χ2n) is 4.20. The highest BCUT2D eigenvalue weighted by molar-refractivity contribution is 7.98. The van der Waals surface area contributed by atoms with Crippen LogP contribution >= 0.6 is 23.5 Å². The van der Waals surface area contributed by atoms with Gasteiger partial charge in [0.05, 0.1) is 22.7 Å². The number of nitrogens with one attached hydrogen (secondary N) is 2. The highest BCUT2D eigenvalue weighted by Gasteiger charge is 2.19. The van der Waals surface area contributed by atoms with Gasteiger partial charge in [0.2, 0.25) is 5.96 Å². The average Bonchev–Trinajstić information content (AvgIpc) is 2.49. The monoisotopic (exact) mass is 323 g/mol. The third-order valence-corrected chi connectivity index (χ3v) is 4.00. The molecule has 21 heavy (non-hydrogen) atoms. The number of guanidine groups is 1. The van der Waals surface area contributed by atoms with Crippen molar-refractivity contribution in [2.75, 3.05) is 12.4 Å². The van der Waals surface area contributed by atoms with Crippen LogP contribution in [0.15, 0.2) is 46.3 Å². The fourth-order valence-corrected chi connectivity index (χ4v) is 2.80. The Morgan fingerprint density at radius 1 is 1.29 bits per heavy atom. The Morgan fingerprint density at radius 3 is 2.86 bits per heavy atom. The summed E-state index contributed by atoms with van der Waals surface area (Å²) in [6, 6.07) is 9.98. The SMILES string of the molecule is COc1c(Cl)ccc2c1N=C(Nc1ccccc1F)NS2. The van der Waals surface area contributed by atoms with Gasteiger partial charge in [-0.15, -0.1) is 0 Å². The molecule has 1 aliphatic heterocycles. The van der Waals surface area contributed by atoms with Crippen molar-refractivity contribution in [2.24, 2.45) is 4.99 Å². The Bertz CT molecular complexity index is 723. The van der Waals surface area contributed by atoms with E-state index in [1.54, 1.807) is 24.3 Å². The molecule has 7 heteroatoms. The molecule has 0 unspecified atom stereocenters. The van der Waals surface area contributed by atoms with Crippen LogP contribution in [0.25, 0.3) is 0 Å². The minimum absolute atomic E-state index is 0.341. The maximum atomic E-state index is 13.7. The van der Waals surface area contributed by atoms with Gasteiger partial charge in [0.15, 0.2) is 5.75 Å². The first-order valence-electron chi connectivity index (χ1n) is 6.08. The molecule has 3 rings (SSSR count). The summed E-state index contributed by atoms with van der Waals surface area (Å²) in [5, 5.41) is 3.38. The molecule has 0 spiro atoms. The summed E-state index contributed by atoms with van der Waals surface area (Å²) in [4.78, 5) is 5.30. The quantitative estimate of drug-likeness (QED) is 0.813. The number of fused-ring (bicyclic) bond motifs is 1. The first kappa shape index (κ1) is 14.0. The largest absolute Gasteiger partial charge is 0.493 e. The fourth-order valence-electron chi connectivity index (χ4n) is 1.89. The Kier molecular flexibility index (Phi) is 3.90. The zero-order chi connectivity index (χ0) is 14.8. The van der Waals surface area contributed by atoms with Gasteiger partial charge in [-0.1, -0.05) is 23.7 Å². The molecule has 2 aromatic carbocycles. The highest BCUT2D eigenvalue weighted by atomic mass is 35.5. The van der Waals surface area contributed by atoms with Crippen molar-refractivity contribution in [1.29, 1.82) is 0 Å². The molecular formula is C14H11ClFN3OS. The molecule has 2 N–H and O–H groups in total. The maximum absolute atomic E-state index is 13.7. The summed E-state index contributed by atoms with van der Waals surface area (Å²) in [6.07, 6.45) is 0. The molecule has 0 fully saturated rings. The number of para-hydroxylation sites is 1. The van der Waals surface area contributed by atoms with E-state index in [0.29, 0.717) is 28.1 Å². The molecule has 0 saturated carbocycles. The number of benzene rings is 2. The second kappa shape index (κ2) is 5.83. The number of hydrogen-bond donors (Lipinski definition) is 2. The van der Waals surface area contributed by atoms with Crippen LogP contribution in [0.2, 0.25) is 5.02 Å². The zero-order valence-corrected chi connectivity index (χ0v) is 12.6. The number of nitrogens with zero attached hydrogens (tertiary/aromatic N) is 1. The molecule has 0 bridgehead atoms. The molecule has 1 heterocycles. The van der Waals surface area contributed by atoms with Gasteiger partial charge in [-0.05, 0) is 36.2 Å². The molecule has 0 aliphatic carbocycles. The predicted octanol–water partition coefficient (Wildman–Crippen LogP) is 4.20. The van der Waals surface area contributed by atoms with E-state index >= 15 is 0 Å². The van der Waals surface area contributed by atoms with Crippen molar-refractivity contribution in [3.63, 3.8) is 0 Å². The second-order valence-corrected chi connectivity index (χ2v) is 5.45. The molecule has 0 radical (unpaired) electrons. The van der Waals surface area contributed by atoms with Gasteiger partial charge < -0.3 is 10.1 Å². The Labute approximate surface area is 130 Å². The van der Waals surface area contributed by atoms with Crippen molar-refractivity contribution in [3.8, 4) is 5.75 Å². The zero-order valence-electron chi connectivity index (χ0n) is 11.0. The van der Waals surface area contributed by atoms with Crippen LogP contribution in [0.4, 0.5) is 15.8 Å². The van der Waals surface area contributed by atoms with Crippen molar-refractivity contribution in [3.05, 3.63) is 47.2 Å². The van der Waals surface area contributed by atoms with E-state index in [2.05, 4.69) is 15.0 Å². The molecule has 108 valence electrons. The lowest BCUT2D eigenvalue weighted by atomic mass is 10.3. The highest BCUT2D eigenvalue weighted by Crippen LogP contribution is 2.43. The van der Waals surface area contributed by atoms with Crippen LogP contribution in [0, 0.1) is 5.82 Å². The van der Waals surface area contributed by atoms with Crippen LogP contribution in [-0.4, -0.2) is 13.1 Å². The molecule has 0 amide bonds. The molecular weight excluding hydrogens is 313 g/mol. The van der Waals surface area contributed by atoms with Crippen molar-refractivity contribution < 1.29 is 9.13 Å². The van der Waals surface area contributed by atoms with Crippen molar-refractivity contribution in [1.82, 2.24) is 4.72 Å². The number of methoxy groups -OCH3 is 1. The maximum Gasteiger partial charge on any atom is 0.211 e. The van der Waals surface area contributed by atoms with E-state index in [0.717, 1.165) is 4.90 Å². The summed E-state index contributed by atoms with van der Waals surface area (Å²) in [5.41, 5.74) is 0.960. The van der Waals surface area contributed by atoms with E-state index in [1.165, 1.54) is 25.1 Å². The number of halogens is 2. The van der Waals surface area contributed by atoms with Gasteiger partial charge in [-0.25, -0.2) is 9.38 Å². The average molecular weight is 324 g/mol. The molecule has 0 aromatic heterocycles. The van der Waals surface area contributed by atoms with E-state index in [9.17, 15) is 4.39 Å². The molecule has 2 aromatic rings. The molecule has 0 saturated heterocycles. The Balaban J connectivity index is 1.97. The summed E-state index contributed by atoms with van der Waals surface area (Å²) < 4.78 is 21.9. The van der Waals surface area contributed by atoms with E-state index in [4.69, 9.17) is 16.3 Å². The van der Waals surface area contributed by atoms with Gasteiger partial charge >= 0.3 is 0 Å². The lowest BCUT2D eigenvalue weighted by molar-refractivity contribution is 0.415. The van der Waals surface area contributed by atoms with Crippen LogP contribution in [-0.2, 0) is 0 Å². The van der Waals surface area contributed by atoms with Crippen LogP contribution in [0.3, 0.4) is 0 Å². The summed E-state index contributed by atoms with van der Waals surface area (Å²) in [5.74, 6) is 0.560. The van der Waals surface area contributed by atoms with Crippen LogP contribution in [0.5, 0.6) is 5.75 Å². The minimum Gasteiger partial charge on any atom is -0.493 e. The first-order valence-corrected chi connectivity index (χ1v) is 7.28. The predicted molar refractivity (Wildman–Crippen MR) is 84.1 cm³/mol. The number of hydrogen-bond acceptors (Lipinski definition) is 5. The summed E-state index contributed by atoms with van der Waals surface area (Å²) >= 11 is 7.45. The topological polar surface area (TPSA) is 45.6 Å². The summed E-state index contributed by atoms with van der Waals surface area (Å²) in [7, 11) is 1.54. The van der Waals surface area contributed by atoms with Crippen molar-refractivity contribution >= 4 is 40.9 Å². The third-order valence-electron chi connectivity index (χ3n) is 2.86. The normalized spacial score (nSPS) is 13.0. The molecule has 4 nitrogen and oxygen atoms in total. The fraction of sp³-hybridized carbons (Fsp3) is 0.0714. The Morgan fingerprint density at radius 2 is 2.10 bits per heavy atom. The third kappa shape index (κ3) is 2.77. The van der Waals surface area contributed by atoms with Gasteiger partial charge in [0.25, 0.3) is 0 Å². The standard InChI is InChI=1S/C14H11ClFN3OS/c1-20-13-8(15)6-7-11-12(13)18-14(19-21-11)17-10-5-3-2-4-9(10)16/h2-7H,1H3,(H2,17,18,19). The lowest BCUT2D eigenvalue weighted by Crippen LogP contribution is -2.27. The number of rotatable bonds is 2. The summed E-state index contributed by atoms with van der Waals surface area (Å²) in [6.45, 7) is 0. The van der Waals surface area contributed by atoms with E-state index < -0.39 is 0 Å². The lowest BCUT2D eigenvalue weighted by Gasteiger charge is -2.20. The van der Waals surface area contributed by atoms with Gasteiger partial charge in [-0.2, -0.15) is 0 Å². The molecule has 1 aliphatic rings. The van der Waals surface area contributed by atoms with Gasteiger partial charge in [0, 0.05) is 0 Å². The van der Waals surface area contributed by atoms with Gasteiger partial charge in [0.1, 0.15) is 11.5 Å². The minimum atomic E-state index is -0.351. The van der Waals surface area contributed by atoms with Gasteiger partial charge in [-0.3, -0.25) is 4.72 Å². The first-order chi connectivity index (χ1) is 10.2. The van der Waals surface area contributed by atoms with Crippen molar-refractivity contribution in [2.45, 2.75) is 4.90 Å². The Hall–Kier alpha value is -1.92. The van der Waals surface area contributed by atoms with Crippen LogP contribution in [0.1, 0.15) is 0 Å². The number of anilines is 1. The van der Waals surface area contributed by atoms with E-state index in [-0.39, 0.29) is 5.82 Å².